The molecule has 0 saturated heterocycles. The number of fused-ring (bicyclic) bond motifs is 1. The number of aromatic amines is 1. The zero-order valence-corrected chi connectivity index (χ0v) is 27.5. The van der Waals surface area contributed by atoms with Crippen LogP contribution in [0.5, 0.6) is 11.5 Å². The monoisotopic (exact) mass is 680 g/mol. The van der Waals surface area contributed by atoms with Gasteiger partial charge in [-0.2, -0.15) is 13.2 Å². The Morgan fingerprint density at radius 1 is 0.959 bits per heavy atom. The van der Waals surface area contributed by atoms with Crippen LogP contribution in [0.3, 0.4) is 0 Å². The number of nitrogens with zero attached hydrogens (tertiary/aromatic N) is 3. The van der Waals surface area contributed by atoms with E-state index in [1.165, 1.54) is 5.56 Å². The Labute approximate surface area is 281 Å². The van der Waals surface area contributed by atoms with Crippen molar-refractivity contribution in [3.63, 3.8) is 0 Å². The summed E-state index contributed by atoms with van der Waals surface area (Å²) >= 11 is 0. The van der Waals surface area contributed by atoms with Crippen LogP contribution < -0.4 is 20.5 Å². The van der Waals surface area contributed by atoms with Crippen LogP contribution in [0.4, 0.5) is 13.2 Å². The van der Waals surface area contributed by atoms with Gasteiger partial charge in [-0.25, -0.2) is 4.79 Å². The van der Waals surface area contributed by atoms with Crippen LogP contribution in [0, 0.1) is 0 Å². The fourth-order valence-corrected chi connectivity index (χ4v) is 5.09. The number of aliphatic carboxylic acids is 1. The lowest BCUT2D eigenvalue weighted by molar-refractivity contribution is -0.192. The molecule has 0 aliphatic carbocycles. The molecule has 5 aromatic rings. The van der Waals surface area contributed by atoms with E-state index >= 15 is 0 Å². The molecule has 5 N–H and O–H groups in total. The Morgan fingerprint density at radius 3 is 2.27 bits per heavy atom. The number of benzene rings is 3. The van der Waals surface area contributed by atoms with Crippen molar-refractivity contribution in [1.29, 1.82) is 0 Å². The maximum atomic E-state index is 13.3. The zero-order chi connectivity index (χ0) is 35.8. The van der Waals surface area contributed by atoms with Gasteiger partial charge in [0.25, 0.3) is 0 Å². The summed E-state index contributed by atoms with van der Waals surface area (Å²) in [4.78, 5) is 25.5. The molecule has 1 atom stereocenters. The number of H-pyrrole nitrogens is 1. The van der Waals surface area contributed by atoms with E-state index in [9.17, 15) is 18.0 Å². The Morgan fingerprint density at radius 2 is 1.63 bits per heavy atom. The number of ether oxygens (including phenoxy) is 2. The highest BCUT2D eigenvalue weighted by molar-refractivity contribution is 5.86. The van der Waals surface area contributed by atoms with Crippen LogP contribution in [-0.2, 0) is 35.4 Å². The molecule has 0 radical (unpaired) electrons. The third-order valence-electron chi connectivity index (χ3n) is 7.70. The van der Waals surface area contributed by atoms with Gasteiger partial charge in [-0.1, -0.05) is 48.5 Å². The Bertz CT molecular complexity index is 1870. The molecule has 0 aliphatic heterocycles. The summed E-state index contributed by atoms with van der Waals surface area (Å²) in [5, 5.41) is 20.7. The lowest BCUT2D eigenvalue weighted by Crippen LogP contribution is -2.50. The van der Waals surface area contributed by atoms with Crippen LogP contribution in [0.2, 0.25) is 0 Å². The van der Waals surface area contributed by atoms with Gasteiger partial charge < -0.3 is 35.2 Å². The fourth-order valence-electron chi connectivity index (χ4n) is 5.09. The van der Waals surface area contributed by atoms with Gasteiger partial charge in [-0.15, -0.1) is 10.2 Å². The summed E-state index contributed by atoms with van der Waals surface area (Å²) in [5.74, 6) is -0.153. The first-order valence-electron chi connectivity index (χ1n) is 15.3. The van der Waals surface area contributed by atoms with Crippen molar-refractivity contribution in [3.8, 4) is 11.5 Å². The SMILES string of the molecule is COc1ccc(Cn2c(CCc3ccccc3)nnc2[C@@H](Cc2c[nH]c3ccccc23)NC(=O)C(C)(C)N)c(OC)c1.O=C(O)C(F)(F)F. The highest BCUT2D eigenvalue weighted by Crippen LogP contribution is 2.29. The van der Waals surface area contributed by atoms with Gasteiger partial charge in [0.1, 0.15) is 17.3 Å². The van der Waals surface area contributed by atoms with Crippen molar-refractivity contribution in [2.75, 3.05) is 14.2 Å². The summed E-state index contributed by atoms with van der Waals surface area (Å²) in [6, 6.07) is 23.7. The van der Waals surface area contributed by atoms with Crippen LogP contribution in [0.1, 0.15) is 48.2 Å². The Balaban J connectivity index is 0.000000698. The predicted molar refractivity (Wildman–Crippen MR) is 177 cm³/mol. The van der Waals surface area contributed by atoms with E-state index in [1.54, 1.807) is 28.1 Å². The number of carboxylic acids is 1. The van der Waals surface area contributed by atoms with Gasteiger partial charge >= 0.3 is 12.1 Å². The molecule has 260 valence electrons. The van der Waals surface area contributed by atoms with E-state index in [0.29, 0.717) is 36.7 Å². The van der Waals surface area contributed by atoms with E-state index in [4.69, 9.17) is 30.2 Å². The smallest absolute Gasteiger partial charge is 0.490 e. The van der Waals surface area contributed by atoms with Gasteiger partial charge in [0.15, 0.2) is 5.82 Å². The molecular formula is C35H39F3N6O5. The zero-order valence-electron chi connectivity index (χ0n) is 27.5. The largest absolute Gasteiger partial charge is 0.497 e. The lowest BCUT2D eigenvalue weighted by atomic mass is 10.0. The number of aryl methyl sites for hydroxylation is 2. The first-order valence-corrected chi connectivity index (χ1v) is 15.3. The topological polar surface area (TPSA) is 157 Å². The van der Waals surface area contributed by atoms with Crippen molar-refractivity contribution in [2.24, 2.45) is 5.73 Å². The molecule has 11 nitrogen and oxygen atoms in total. The van der Waals surface area contributed by atoms with E-state index in [-0.39, 0.29) is 5.91 Å². The molecule has 0 bridgehead atoms. The normalized spacial score (nSPS) is 12.2. The minimum absolute atomic E-state index is 0.269. The number of amides is 1. The summed E-state index contributed by atoms with van der Waals surface area (Å²) in [6.07, 6.45) is -1.12. The number of nitrogens with two attached hydrogens (primary N) is 1. The average Bonchev–Trinajstić information content (AvgIpc) is 3.67. The van der Waals surface area contributed by atoms with Gasteiger partial charge in [0.05, 0.1) is 32.3 Å². The first kappa shape index (κ1) is 36.5. The molecule has 5 rings (SSSR count). The third-order valence-corrected chi connectivity index (χ3v) is 7.70. The minimum atomic E-state index is -5.08. The highest BCUT2D eigenvalue weighted by atomic mass is 19.4. The van der Waals surface area contributed by atoms with Crippen LogP contribution >= 0.6 is 0 Å². The number of rotatable bonds is 12. The van der Waals surface area contributed by atoms with E-state index in [1.807, 2.05) is 60.8 Å². The van der Waals surface area contributed by atoms with Crippen molar-refractivity contribution >= 4 is 22.8 Å². The number of alkyl halides is 3. The number of nitrogens with one attached hydrogen (secondary N) is 2. The predicted octanol–water partition coefficient (Wildman–Crippen LogP) is 5.38. The number of carbonyl (C=O) groups is 2. The standard InChI is InChI=1S/C33H38N6O3.C2HF3O2/c1-33(2,34)32(40)36-28(18-24-20-35-27-13-9-8-12-26(24)27)31-38-37-30(17-14-22-10-6-5-7-11-22)39(31)21-23-15-16-25(41-3)19-29(23)42-4;3-2(4,5)1(6)7/h5-13,15-16,19-20,28,35H,14,17-18,21,34H2,1-4H3,(H,36,40);(H,6,7)/t28-;/m1./s1. The number of carboxylic acid groups (broad SMARTS) is 1. The second-order valence-electron chi connectivity index (χ2n) is 11.8. The van der Waals surface area contributed by atoms with Gasteiger partial charge in [-0.3, -0.25) is 4.79 Å². The number of para-hydroxylation sites is 1. The number of hydrogen-bond acceptors (Lipinski definition) is 7. The summed E-state index contributed by atoms with van der Waals surface area (Å²) < 4.78 is 45.0. The lowest BCUT2D eigenvalue weighted by Gasteiger charge is -2.25. The van der Waals surface area contributed by atoms with Crippen molar-refractivity contribution in [1.82, 2.24) is 25.1 Å². The molecular weight excluding hydrogens is 641 g/mol. The second kappa shape index (κ2) is 15.7. The molecule has 49 heavy (non-hydrogen) atoms. The summed E-state index contributed by atoms with van der Waals surface area (Å²) in [5.41, 5.74) is 9.40. The molecule has 0 saturated carbocycles. The van der Waals surface area contributed by atoms with Gasteiger partial charge in [0, 0.05) is 41.6 Å². The van der Waals surface area contributed by atoms with E-state index < -0.39 is 23.7 Å². The van der Waals surface area contributed by atoms with E-state index in [0.717, 1.165) is 34.3 Å². The number of aromatic nitrogens is 4. The number of methoxy groups -OCH3 is 2. The molecule has 14 heteroatoms. The summed E-state index contributed by atoms with van der Waals surface area (Å²) in [7, 11) is 3.27. The average molecular weight is 681 g/mol. The second-order valence-corrected chi connectivity index (χ2v) is 11.8. The van der Waals surface area contributed by atoms with Crippen molar-refractivity contribution in [3.05, 3.63) is 107 Å². The molecule has 0 fully saturated rings. The van der Waals surface area contributed by atoms with Crippen molar-refractivity contribution < 1.29 is 37.3 Å². The van der Waals surface area contributed by atoms with E-state index in [2.05, 4.69) is 38.2 Å². The minimum Gasteiger partial charge on any atom is -0.497 e. The maximum Gasteiger partial charge on any atom is 0.490 e. The first-order chi connectivity index (χ1) is 23.2. The number of halogens is 3. The molecule has 0 aliphatic rings. The molecule has 2 heterocycles. The molecule has 0 unspecified atom stereocenters. The molecule has 2 aromatic heterocycles. The van der Waals surface area contributed by atoms with Gasteiger partial charge in [0.2, 0.25) is 5.91 Å². The number of hydrogen-bond donors (Lipinski definition) is 4. The molecule has 3 aromatic carbocycles. The fraction of sp³-hybridized carbons (Fsp3) is 0.314. The Hall–Kier alpha value is -5.37. The van der Waals surface area contributed by atoms with Crippen LogP contribution in [0.15, 0.2) is 79.0 Å². The van der Waals surface area contributed by atoms with Crippen molar-refractivity contribution in [2.45, 2.75) is 57.4 Å². The van der Waals surface area contributed by atoms with Gasteiger partial charge in [-0.05, 0) is 49.6 Å². The highest BCUT2D eigenvalue weighted by Gasteiger charge is 2.38. The maximum absolute atomic E-state index is 13.3. The third kappa shape index (κ3) is 9.60. The number of carbonyl (C=O) groups excluding carboxylic acids is 1. The van der Waals surface area contributed by atoms with Crippen LogP contribution in [0.25, 0.3) is 10.9 Å². The molecule has 0 spiro atoms. The quantitative estimate of drug-likeness (QED) is 0.137. The molecule has 1 amide bonds. The Kier molecular flexibility index (Phi) is 11.7. The summed E-state index contributed by atoms with van der Waals surface area (Å²) in [6.45, 7) is 3.85. The van der Waals surface area contributed by atoms with Crippen LogP contribution in [-0.4, -0.2) is 62.7 Å².